The van der Waals surface area contributed by atoms with Crippen molar-refractivity contribution < 1.29 is 19.1 Å². The summed E-state index contributed by atoms with van der Waals surface area (Å²) in [5.41, 5.74) is 0. The van der Waals surface area contributed by atoms with Gasteiger partial charge in [0.15, 0.2) is 0 Å². The average Bonchev–Trinajstić information content (AvgIpc) is 2.77. The summed E-state index contributed by atoms with van der Waals surface area (Å²) in [5, 5.41) is 0. The van der Waals surface area contributed by atoms with E-state index in [1.165, 1.54) is 50.7 Å². The fourth-order valence-electron chi connectivity index (χ4n) is 2.98. The van der Waals surface area contributed by atoms with Gasteiger partial charge in [0.1, 0.15) is 13.2 Å². The Hall–Kier alpha value is -2.14. The Labute approximate surface area is 196 Å². The lowest BCUT2D eigenvalue weighted by Crippen LogP contribution is -2.28. The minimum absolute atomic E-state index is 0.303. The highest BCUT2D eigenvalue weighted by Crippen LogP contribution is 2.07. The minimum Gasteiger partial charge on any atom is -0.461 e. The largest absolute Gasteiger partial charge is 0.461 e. The van der Waals surface area contributed by atoms with E-state index in [4.69, 9.17) is 9.47 Å². The van der Waals surface area contributed by atoms with Crippen LogP contribution < -0.4 is 0 Å². The summed E-state index contributed by atoms with van der Waals surface area (Å²) in [7, 11) is 1.91. The number of allylic oxidation sites excluding steroid dienone is 4. The van der Waals surface area contributed by atoms with Gasteiger partial charge in [0.25, 0.3) is 0 Å². The Balaban J connectivity index is 3.60. The Morgan fingerprint density at radius 3 is 1.41 bits per heavy atom. The first kappa shape index (κ1) is 29.9. The molecule has 0 aliphatic carbocycles. The molecule has 182 valence electrons. The van der Waals surface area contributed by atoms with E-state index in [2.05, 4.69) is 13.2 Å². The molecule has 0 saturated carbocycles. The van der Waals surface area contributed by atoms with Crippen molar-refractivity contribution in [2.75, 3.05) is 33.4 Å². The average molecular weight is 448 g/mol. The Kier molecular flexibility index (Phi) is 21.9. The molecular formula is C27H45NO4. The summed E-state index contributed by atoms with van der Waals surface area (Å²) in [6, 6.07) is 0. The van der Waals surface area contributed by atoms with Crippen LogP contribution in [0.25, 0.3) is 0 Å². The number of esters is 2. The molecule has 0 aromatic rings. The summed E-state index contributed by atoms with van der Waals surface area (Å²) >= 11 is 0. The van der Waals surface area contributed by atoms with Crippen LogP contribution >= 0.6 is 0 Å². The van der Waals surface area contributed by atoms with Gasteiger partial charge in [-0.3, -0.25) is 4.90 Å². The molecule has 0 amide bonds. The highest BCUT2D eigenvalue weighted by Gasteiger charge is 2.03. The molecule has 0 unspecified atom stereocenters. The molecule has 0 radical (unpaired) electrons. The minimum atomic E-state index is -0.303. The van der Waals surface area contributed by atoms with E-state index >= 15 is 0 Å². The van der Waals surface area contributed by atoms with Crippen LogP contribution in [0.5, 0.6) is 0 Å². The molecule has 5 heteroatoms. The van der Waals surface area contributed by atoms with Crippen molar-refractivity contribution in [2.24, 2.45) is 0 Å². The number of likely N-dealkylation sites (N-methyl/N-ethyl adjacent to an activating group) is 1. The van der Waals surface area contributed by atoms with Crippen LogP contribution in [-0.2, 0) is 19.1 Å². The molecule has 0 atom stereocenters. The number of carbonyl (C=O) groups excluding carboxylic acids is 2. The molecule has 5 nitrogen and oxygen atoms in total. The lowest BCUT2D eigenvalue weighted by Gasteiger charge is -2.15. The quantitative estimate of drug-likeness (QED) is 0.0859. The van der Waals surface area contributed by atoms with Gasteiger partial charge in [-0.05, 0) is 58.4 Å². The van der Waals surface area contributed by atoms with E-state index in [9.17, 15) is 9.59 Å². The summed E-state index contributed by atoms with van der Waals surface area (Å²) < 4.78 is 10.4. The first-order valence-corrected chi connectivity index (χ1v) is 12.2. The number of unbranched alkanes of at least 4 members (excludes halogenated alkanes) is 10. The van der Waals surface area contributed by atoms with Crippen LogP contribution in [0.2, 0.25) is 0 Å². The second-order valence-corrected chi connectivity index (χ2v) is 8.00. The fraction of sp³-hybridized carbons (Fsp3) is 0.630. The molecule has 0 saturated heterocycles. The number of nitrogens with zero attached hydrogens (tertiary/aromatic N) is 1. The van der Waals surface area contributed by atoms with Crippen LogP contribution in [0.15, 0.2) is 49.6 Å². The Morgan fingerprint density at radius 2 is 1.03 bits per heavy atom. The molecule has 0 aromatic heterocycles. The third-order valence-corrected chi connectivity index (χ3v) is 5.00. The van der Waals surface area contributed by atoms with E-state index in [0.29, 0.717) is 26.3 Å². The number of ether oxygens (including phenoxy) is 2. The molecule has 0 aromatic carbocycles. The molecule has 0 fully saturated rings. The zero-order valence-corrected chi connectivity index (χ0v) is 20.3. The van der Waals surface area contributed by atoms with Crippen molar-refractivity contribution in [1.29, 1.82) is 0 Å². The molecule has 32 heavy (non-hydrogen) atoms. The van der Waals surface area contributed by atoms with Gasteiger partial charge < -0.3 is 9.47 Å². The maximum Gasteiger partial charge on any atom is 0.330 e. The molecular weight excluding hydrogens is 402 g/mol. The molecule has 0 spiro atoms. The van der Waals surface area contributed by atoms with Gasteiger partial charge in [-0.15, -0.1) is 13.2 Å². The van der Waals surface area contributed by atoms with Crippen LogP contribution in [0.3, 0.4) is 0 Å². The van der Waals surface area contributed by atoms with Crippen LogP contribution in [-0.4, -0.2) is 50.2 Å². The van der Waals surface area contributed by atoms with Crippen molar-refractivity contribution in [2.45, 2.75) is 77.0 Å². The predicted octanol–water partition coefficient (Wildman–Crippen LogP) is 6.17. The number of hydrogen-bond acceptors (Lipinski definition) is 5. The number of hydrogen-bond donors (Lipinski definition) is 0. The zero-order valence-electron chi connectivity index (χ0n) is 20.3. The van der Waals surface area contributed by atoms with E-state index < -0.39 is 0 Å². The summed E-state index contributed by atoms with van der Waals surface area (Å²) in [6.07, 6.45) is 24.0. The Morgan fingerprint density at radius 1 is 0.656 bits per heavy atom. The van der Waals surface area contributed by atoms with Gasteiger partial charge >= 0.3 is 11.9 Å². The first-order valence-electron chi connectivity index (χ1n) is 12.2. The van der Waals surface area contributed by atoms with E-state index in [1.807, 2.05) is 36.3 Å². The van der Waals surface area contributed by atoms with Gasteiger partial charge in [-0.25, -0.2) is 9.59 Å². The van der Waals surface area contributed by atoms with Crippen LogP contribution in [0, 0.1) is 0 Å². The van der Waals surface area contributed by atoms with E-state index in [0.717, 1.165) is 38.5 Å². The van der Waals surface area contributed by atoms with Crippen molar-refractivity contribution in [3.8, 4) is 0 Å². The normalized spacial score (nSPS) is 11.3. The number of carbonyl (C=O) groups is 2. The second kappa shape index (κ2) is 23.5. The molecule has 0 N–H and O–H groups in total. The molecule has 0 rings (SSSR count). The second-order valence-electron chi connectivity index (χ2n) is 8.00. The zero-order chi connectivity index (χ0) is 23.7. The maximum atomic E-state index is 11.7. The fourth-order valence-corrected chi connectivity index (χ4v) is 2.98. The molecule has 0 aliphatic rings. The van der Waals surface area contributed by atoms with E-state index in [1.54, 1.807) is 0 Å². The van der Waals surface area contributed by atoms with Crippen molar-refractivity contribution in [3.63, 3.8) is 0 Å². The Bertz CT molecular complexity index is 506. The molecule has 0 heterocycles. The smallest absolute Gasteiger partial charge is 0.330 e. The molecule has 0 bridgehead atoms. The third-order valence-electron chi connectivity index (χ3n) is 5.00. The van der Waals surface area contributed by atoms with Gasteiger partial charge in [-0.2, -0.15) is 0 Å². The summed E-state index contributed by atoms with van der Waals surface area (Å²) in [4.78, 5) is 25.4. The van der Waals surface area contributed by atoms with Crippen LogP contribution in [0.1, 0.15) is 77.0 Å². The van der Waals surface area contributed by atoms with Crippen LogP contribution in [0.4, 0.5) is 0 Å². The number of rotatable bonds is 22. The van der Waals surface area contributed by atoms with Gasteiger partial charge in [0.2, 0.25) is 0 Å². The first-order chi connectivity index (χ1) is 15.6. The van der Waals surface area contributed by atoms with Gasteiger partial charge in [-0.1, -0.05) is 50.0 Å². The lowest BCUT2D eigenvalue weighted by atomic mass is 10.1. The molecule has 0 aliphatic heterocycles. The highest BCUT2D eigenvalue weighted by atomic mass is 16.5. The summed E-state index contributed by atoms with van der Waals surface area (Å²) in [5.74, 6) is -0.607. The lowest BCUT2D eigenvalue weighted by molar-refractivity contribution is -0.138. The van der Waals surface area contributed by atoms with Gasteiger partial charge in [0.05, 0.1) is 0 Å². The SMILES string of the molecule is C=CCCCCCCC=CC(=O)OCCN(C)CCOC(=O)C=CCCCCCCC=C. The van der Waals surface area contributed by atoms with Crippen molar-refractivity contribution >= 4 is 11.9 Å². The summed E-state index contributed by atoms with van der Waals surface area (Å²) in [6.45, 7) is 9.28. The topological polar surface area (TPSA) is 55.8 Å². The van der Waals surface area contributed by atoms with Gasteiger partial charge in [0, 0.05) is 25.2 Å². The van der Waals surface area contributed by atoms with E-state index in [-0.39, 0.29) is 11.9 Å². The monoisotopic (exact) mass is 447 g/mol. The van der Waals surface area contributed by atoms with Crippen molar-refractivity contribution in [3.05, 3.63) is 49.6 Å². The standard InChI is InChI=1S/C27H45NO4/c1-4-6-8-10-12-14-16-18-20-26(29)31-24-22-28(3)23-25-32-27(30)21-19-17-15-13-11-9-7-5-2/h4-5,18-21H,1-2,6-17,22-25H2,3H3. The third kappa shape index (κ3) is 22.5. The predicted molar refractivity (Wildman–Crippen MR) is 133 cm³/mol. The maximum absolute atomic E-state index is 11.7. The van der Waals surface area contributed by atoms with Crippen molar-refractivity contribution in [1.82, 2.24) is 4.90 Å². The highest BCUT2D eigenvalue weighted by molar-refractivity contribution is 5.82.